The van der Waals surface area contributed by atoms with E-state index >= 15 is 0 Å². The topological polar surface area (TPSA) is 105 Å². The van der Waals surface area contributed by atoms with Gasteiger partial charge in [0, 0.05) is 10.9 Å². The molecule has 2 amide bonds. The second-order valence-electron chi connectivity index (χ2n) is 3.96. The SMILES string of the molecule is CCc1ccc2c(C(N)=O)c(N(N)C=O)[nH]c2c1. The van der Waals surface area contributed by atoms with Crippen LogP contribution < -0.4 is 16.6 Å². The Hall–Kier alpha value is -2.34. The van der Waals surface area contributed by atoms with Crippen molar-refractivity contribution in [3.05, 3.63) is 29.3 Å². The Balaban J connectivity index is 2.74. The van der Waals surface area contributed by atoms with E-state index in [1.165, 1.54) is 0 Å². The predicted molar refractivity (Wildman–Crippen MR) is 68.9 cm³/mol. The number of aromatic nitrogens is 1. The average molecular weight is 246 g/mol. The Labute approximate surface area is 104 Å². The van der Waals surface area contributed by atoms with Crippen molar-refractivity contribution in [2.45, 2.75) is 13.3 Å². The third-order valence-electron chi connectivity index (χ3n) is 2.87. The Bertz CT molecular complexity index is 618. The van der Waals surface area contributed by atoms with Crippen LogP contribution in [0.5, 0.6) is 0 Å². The third-order valence-corrected chi connectivity index (χ3v) is 2.87. The zero-order chi connectivity index (χ0) is 13.3. The molecule has 0 radical (unpaired) electrons. The molecule has 94 valence electrons. The summed E-state index contributed by atoms with van der Waals surface area (Å²) < 4.78 is 0. The normalized spacial score (nSPS) is 10.6. The van der Waals surface area contributed by atoms with Crippen molar-refractivity contribution in [3.63, 3.8) is 0 Å². The molecule has 0 spiro atoms. The number of H-pyrrole nitrogens is 1. The van der Waals surface area contributed by atoms with E-state index in [1.54, 1.807) is 6.07 Å². The molecule has 0 saturated carbocycles. The fourth-order valence-corrected chi connectivity index (χ4v) is 1.95. The molecule has 0 aliphatic heterocycles. The fraction of sp³-hybridized carbons (Fsp3) is 0.167. The minimum atomic E-state index is -0.627. The van der Waals surface area contributed by atoms with Crippen LogP contribution in [0.4, 0.5) is 5.82 Å². The van der Waals surface area contributed by atoms with E-state index in [4.69, 9.17) is 11.6 Å². The molecule has 0 saturated heterocycles. The Kier molecular flexibility index (Phi) is 3.03. The highest BCUT2D eigenvalue weighted by molar-refractivity contribution is 6.12. The van der Waals surface area contributed by atoms with E-state index in [1.807, 2.05) is 19.1 Å². The first-order valence-corrected chi connectivity index (χ1v) is 5.52. The van der Waals surface area contributed by atoms with Crippen molar-refractivity contribution in [2.75, 3.05) is 5.01 Å². The van der Waals surface area contributed by atoms with Crippen LogP contribution in [-0.2, 0) is 11.2 Å². The molecule has 1 aromatic heterocycles. The number of rotatable bonds is 4. The highest BCUT2D eigenvalue weighted by Gasteiger charge is 2.19. The second-order valence-corrected chi connectivity index (χ2v) is 3.96. The maximum atomic E-state index is 11.5. The smallest absolute Gasteiger partial charge is 0.253 e. The molecule has 6 nitrogen and oxygen atoms in total. The molecule has 1 heterocycles. The van der Waals surface area contributed by atoms with Gasteiger partial charge in [-0.3, -0.25) is 9.59 Å². The number of aromatic amines is 1. The lowest BCUT2D eigenvalue weighted by atomic mass is 10.1. The molecule has 5 N–H and O–H groups in total. The molecule has 0 aliphatic carbocycles. The summed E-state index contributed by atoms with van der Waals surface area (Å²) in [4.78, 5) is 25.1. The summed E-state index contributed by atoms with van der Waals surface area (Å²) in [6, 6.07) is 5.62. The van der Waals surface area contributed by atoms with Gasteiger partial charge in [-0.2, -0.15) is 0 Å². The van der Waals surface area contributed by atoms with Gasteiger partial charge in [0.2, 0.25) is 6.41 Å². The highest BCUT2D eigenvalue weighted by Crippen LogP contribution is 2.28. The Morgan fingerprint density at radius 2 is 2.22 bits per heavy atom. The van der Waals surface area contributed by atoms with Crippen LogP contribution in [0, 0.1) is 0 Å². The van der Waals surface area contributed by atoms with Crippen LogP contribution in [0.2, 0.25) is 0 Å². The molecule has 0 unspecified atom stereocenters. The minimum absolute atomic E-state index is 0.209. The summed E-state index contributed by atoms with van der Waals surface area (Å²) in [6.45, 7) is 2.03. The average Bonchev–Trinajstić information content (AvgIpc) is 2.75. The number of anilines is 1. The summed E-state index contributed by atoms with van der Waals surface area (Å²) in [5, 5.41) is 1.47. The van der Waals surface area contributed by atoms with Gasteiger partial charge in [-0.1, -0.05) is 19.1 Å². The molecule has 0 atom stereocenters. The fourth-order valence-electron chi connectivity index (χ4n) is 1.95. The van der Waals surface area contributed by atoms with Crippen molar-refractivity contribution in [3.8, 4) is 0 Å². The maximum Gasteiger partial charge on any atom is 0.253 e. The number of primary amides is 1. The maximum absolute atomic E-state index is 11.5. The first-order valence-electron chi connectivity index (χ1n) is 5.52. The first kappa shape index (κ1) is 12.1. The largest absolute Gasteiger partial charge is 0.365 e. The van der Waals surface area contributed by atoms with Gasteiger partial charge in [0.15, 0.2) is 0 Å². The number of hydrogen-bond donors (Lipinski definition) is 3. The van der Waals surface area contributed by atoms with E-state index in [0.29, 0.717) is 11.8 Å². The van der Waals surface area contributed by atoms with E-state index < -0.39 is 5.91 Å². The number of nitrogens with zero attached hydrogens (tertiary/aromatic N) is 1. The minimum Gasteiger partial charge on any atom is -0.365 e. The number of carbonyl (C=O) groups is 2. The summed E-state index contributed by atoms with van der Waals surface area (Å²) in [6.07, 6.45) is 1.29. The molecule has 2 rings (SSSR count). The van der Waals surface area contributed by atoms with Crippen LogP contribution in [-0.4, -0.2) is 17.3 Å². The number of aryl methyl sites for hydroxylation is 1. The highest BCUT2D eigenvalue weighted by atomic mass is 16.1. The number of hydrazine groups is 1. The monoisotopic (exact) mass is 246 g/mol. The number of benzene rings is 1. The van der Waals surface area contributed by atoms with Gasteiger partial charge in [0.1, 0.15) is 5.82 Å². The van der Waals surface area contributed by atoms with Crippen molar-refractivity contribution in [1.82, 2.24) is 4.98 Å². The molecule has 0 bridgehead atoms. The van der Waals surface area contributed by atoms with Gasteiger partial charge in [-0.15, -0.1) is 0 Å². The van der Waals surface area contributed by atoms with E-state index in [-0.39, 0.29) is 11.4 Å². The quantitative estimate of drug-likeness (QED) is 0.319. The van der Waals surface area contributed by atoms with Crippen molar-refractivity contribution >= 4 is 29.0 Å². The molecule has 6 heteroatoms. The molecule has 0 aliphatic rings. The van der Waals surface area contributed by atoms with Gasteiger partial charge in [-0.25, -0.2) is 10.9 Å². The van der Waals surface area contributed by atoms with Crippen molar-refractivity contribution in [2.24, 2.45) is 11.6 Å². The standard InChI is InChI=1S/C12H14N4O2/c1-2-7-3-4-8-9(5-7)15-12(16(14)6-17)10(8)11(13)18/h3-6,15H,2,14H2,1H3,(H2,13,18). The lowest BCUT2D eigenvalue weighted by Crippen LogP contribution is -2.31. The predicted octanol–water partition coefficient (Wildman–Crippen LogP) is 0.666. The van der Waals surface area contributed by atoms with E-state index in [9.17, 15) is 9.59 Å². The molecule has 1 aromatic carbocycles. The molecule has 0 fully saturated rings. The number of hydrogen-bond acceptors (Lipinski definition) is 3. The lowest BCUT2D eigenvalue weighted by Gasteiger charge is -2.08. The van der Waals surface area contributed by atoms with Crippen LogP contribution in [0.25, 0.3) is 10.9 Å². The summed E-state index contributed by atoms with van der Waals surface area (Å²) in [5.74, 6) is 5.08. The molecule has 2 aromatic rings. The number of nitrogens with two attached hydrogens (primary N) is 2. The molecular formula is C12H14N4O2. The van der Waals surface area contributed by atoms with Crippen LogP contribution in [0.1, 0.15) is 22.8 Å². The van der Waals surface area contributed by atoms with Gasteiger partial charge in [-0.05, 0) is 18.1 Å². The number of nitrogens with one attached hydrogen (secondary N) is 1. The first-order chi connectivity index (χ1) is 8.58. The van der Waals surface area contributed by atoms with Crippen LogP contribution in [0.3, 0.4) is 0 Å². The zero-order valence-corrected chi connectivity index (χ0v) is 9.93. The summed E-state index contributed by atoms with van der Waals surface area (Å²) in [5.41, 5.74) is 7.40. The van der Waals surface area contributed by atoms with Crippen LogP contribution >= 0.6 is 0 Å². The number of fused-ring (bicyclic) bond motifs is 1. The van der Waals surface area contributed by atoms with Crippen molar-refractivity contribution < 1.29 is 9.59 Å². The number of carbonyl (C=O) groups excluding carboxylic acids is 2. The van der Waals surface area contributed by atoms with Gasteiger partial charge in [0.05, 0.1) is 5.56 Å². The van der Waals surface area contributed by atoms with E-state index in [2.05, 4.69) is 4.98 Å². The Morgan fingerprint density at radius 1 is 1.50 bits per heavy atom. The van der Waals surface area contributed by atoms with Gasteiger partial charge in [0.25, 0.3) is 5.91 Å². The van der Waals surface area contributed by atoms with Crippen molar-refractivity contribution in [1.29, 1.82) is 0 Å². The zero-order valence-electron chi connectivity index (χ0n) is 9.93. The molecular weight excluding hydrogens is 232 g/mol. The third kappa shape index (κ3) is 1.82. The van der Waals surface area contributed by atoms with Gasteiger partial charge < -0.3 is 10.7 Å². The molecule has 18 heavy (non-hydrogen) atoms. The van der Waals surface area contributed by atoms with E-state index in [0.717, 1.165) is 22.5 Å². The van der Waals surface area contributed by atoms with Gasteiger partial charge >= 0.3 is 0 Å². The second kappa shape index (κ2) is 4.50. The summed E-state index contributed by atoms with van der Waals surface area (Å²) in [7, 11) is 0. The lowest BCUT2D eigenvalue weighted by molar-refractivity contribution is -0.107. The Morgan fingerprint density at radius 3 is 2.78 bits per heavy atom. The van der Waals surface area contributed by atoms with Crippen LogP contribution in [0.15, 0.2) is 18.2 Å². The summed E-state index contributed by atoms with van der Waals surface area (Å²) >= 11 is 0. The number of amides is 2.